The van der Waals surface area contributed by atoms with Crippen molar-refractivity contribution in [3.05, 3.63) is 0 Å². The molecule has 1 amide bonds. The van der Waals surface area contributed by atoms with Crippen LogP contribution in [-0.2, 0) is 19.0 Å². The fraction of sp³-hybridized carbons (Fsp3) is 0.900. The Kier molecular flexibility index (Phi) is 9.46. The molecule has 0 aromatic heterocycles. The topological polar surface area (TPSA) is 56.8 Å². The molecule has 1 atom stereocenters. The van der Waals surface area contributed by atoms with Gasteiger partial charge in [-0.2, -0.15) is 0 Å². The molecular formula is C10H21NO4. The molecule has 0 fully saturated rings. The second-order valence-corrected chi connectivity index (χ2v) is 3.17. The van der Waals surface area contributed by atoms with Crippen molar-refractivity contribution in [2.24, 2.45) is 0 Å². The predicted octanol–water partition coefficient (Wildman–Crippen LogP) is 0.191. The smallest absolute Gasteiger partial charge is 0.246 e. The minimum Gasteiger partial charge on any atom is -0.382 e. The van der Waals surface area contributed by atoms with E-state index in [9.17, 15) is 4.79 Å². The fourth-order valence-electron chi connectivity index (χ4n) is 0.984. The second kappa shape index (κ2) is 9.89. The van der Waals surface area contributed by atoms with Gasteiger partial charge in [0.05, 0.1) is 12.7 Å². The Bertz CT molecular complexity index is 164. The summed E-state index contributed by atoms with van der Waals surface area (Å²) in [5.41, 5.74) is 0. The third kappa shape index (κ3) is 8.35. The Morgan fingerprint density at radius 2 is 2.13 bits per heavy atom. The predicted molar refractivity (Wildman–Crippen MR) is 56.8 cm³/mol. The summed E-state index contributed by atoms with van der Waals surface area (Å²) in [5.74, 6) is -0.124. The first-order chi connectivity index (χ1) is 7.24. The average Bonchev–Trinajstić information content (AvgIpc) is 2.24. The van der Waals surface area contributed by atoms with Gasteiger partial charge in [-0.15, -0.1) is 0 Å². The molecule has 0 aliphatic carbocycles. The van der Waals surface area contributed by atoms with Gasteiger partial charge in [0.2, 0.25) is 5.91 Å². The van der Waals surface area contributed by atoms with Crippen LogP contribution in [0.5, 0.6) is 0 Å². The van der Waals surface area contributed by atoms with E-state index in [1.807, 2.05) is 6.92 Å². The Hall–Kier alpha value is -0.650. The number of ether oxygens (including phenoxy) is 3. The van der Waals surface area contributed by atoms with Gasteiger partial charge in [0.1, 0.15) is 6.61 Å². The van der Waals surface area contributed by atoms with E-state index in [-0.39, 0.29) is 18.6 Å². The molecule has 1 N–H and O–H groups in total. The van der Waals surface area contributed by atoms with Crippen LogP contribution in [0, 0.1) is 0 Å². The monoisotopic (exact) mass is 219 g/mol. The standard InChI is InChI=1S/C10H21NO4/c1-4-5-15-8-10(12)11-6-9(14-3)7-13-2/h9H,4-8H2,1-3H3,(H,11,12). The first-order valence-electron chi connectivity index (χ1n) is 5.10. The van der Waals surface area contributed by atoms with E-state index in [0.717, 1.165) is 6.42 Å². The summed E-state index contributed by atoms with van der Waals surface area (Å²) < 4.78 is 15.1. The van der Waals surface area contributed by atoms with Crippen molar-refractivity contribution in [1.29, 1.82) is 0 Å². The highest BCUT2D eigenvalue weighted by Crippen LogP contribution is 1.88. The summed E-state index contributed by atoms with van der Waals surface area (Å²) in [5, 5.41) is 2.71. The van der Waals surface area contributed by atoms with E-state index >= 15 is 0 Å². The third-order valence-corrected chi connectivity index (χ3v) is 1.79. The lowest BCUT2D eigenvalue weighted by molar-refractivity contribution is -0.126. The molecular weight excluding hydrogens is 198 g/mol. The SMILES string of the molecule is CCCOCC(=O)NCC(COC)OC. The van der Waals surface area contributed by atoms with Crippen molar-refractivity contribution in [2.45, 2.75) is 19.4 Å². The number of carbonyl (C=O) groups is 1. The molecule has 15 heavy (non-hydrogen) atoms. The maximum atomic E-state index is 11.2. The molecule has 0 aromatic carbocycles. The van der Waals surface area contributed by atoms with Gasteiger partial charge in [0.25, 0.3) is 0 Å². The Morgan fingerprint density at radius 3 is 2.67 bits per heavy atom. The van der Waals surface area contributed by atoms with E-state index in [1.54, 1.807) is 14.2 Å². The maximum absolute atomic E-state index is 11.2. The van der Waals surface area contributed by atoms with Crippen molar-refractivity contribution in [2.75, 3.05) is 40.6 Å². The minimum atomic E-state index is -0.124. The lowest BCUT2D eigenvalue weighted by Crippen LogP contribution is -2.37. The summed E-state index contributed by atoms with van der Waals surface area (Å²) in [7, 11) is 3.18. The Morgan fingerprint density at radius 1 is 1.40 bits per heavy atom. The molecule has 5 nitrogen and oxygen atoms in total. The highest BCUT2D eigenvalue weighted by molar-refractivity contribution is 5.77. The highest BCUT2D eigenvalue weighted by atomic mass is 16.5. The normalized spacial score (nSPS) is 12.5. The molecule has 0 saturated heterocycles. The van der Waals surface area contributed by atoms with Crippen molar-refractivity contribution < 1.29 is 19.0 Å². The van der Waals surface area contributed by atoms with Gasteiger partial charge in [0, 0.05) is 27.4 Å². The molecule has 0 radical (unpaired) electrons. The summed E-state index contributed by atoms with van der Waals surface area (Å²) in [6, 6.07) is 0. The number of hydrogen-bond donors (Lipinski definition) is 1. The molecule has 1 unspecified atom stereocenters. The van der Waals surface area contributed by atoms with E-state index in [1.165, 1.54) is 0 Å². The quantitative estimate of drug-likeness (QED) is 0.562. The molecule has 0 aromatic rings. The van der Waals surface area contributed by atoms with Gasteiger partial charge in [-0.1, -0.05) is 6.92 Å². The van der Waals surface area contributed by atoms with Crippen LogP contribution in [-0.4, -0.2) is 52.6 Å². The molecule has 0 spiro atoms. The van der Waals surface area contributed by atoms with Gasteiger partial charge < -0.3 is 19.5 Å². The molecule has 0 rings (SSSR count). The average molecular weight is 219 g/mol. The summed E-state index contributed by atoms with van der Waals surface area (Å²) >= 11 is 0. The number of carbonyl (C=O) groups excluding carboxylic acids is 1. The lowest BCUT2D eigenvalue weighted by atomic mass is 10.3. The van der Waals surface area contributed by atoms with Crippen LogP contribution in [0.25, 0.3) is 0 Å². The van der Waals surface area contributed by atoms with Gasteiger partial charge in [0.15, 0.2) is 0 Å². The first-order valence-corrected chi connectivity index (χ1v) is 5.10. The zero-order chi connectivity index (χ0) is 11.5. The zero-order valence-electron chi connectivity index (χ0n) is 9.75. The Balaban J connectivity index is 3.50. The molecule has 0 aliphatic heterocycles. The third-order valence-electron chi connectivity index (χ3n) is 1.79. The number of methoxy groups -OCH3 is 2. The van der Waals surface area contributed by atoms with E-state index in [4.69, 9.17) is 14.2 Å². The highest BCUT2D eigenvalue weighted by Gasteiger charge is 2.08. The van der Waals surface area contributed by atoms with Crippen LogP contribution >= 0.6 is 0 Å². The van der Waals surface area contributed by atoms with E-state index in [0.29, 0.717) is 19.8 Å². The minimum absolute atomic E-state index is 0.106. The largest absolute Gasteiger partial charge is 0.382 e. The van der Waals surface area contributed by atoms with Crippen molar-refractivity contribution in [3.63, 3.8) is 0 Å². The van der Waals surface area contributed by atoms with Crippen LogP contribution < -0.4 is 5.32 Å². The summed E-state index contributed by atoms with van der Waals surface area (Å²) in [4.78, 5) is 11.2. The maximum Gasteiger partial charge on any atom is 0.246 e. The van der Waals surface area contributed by atoms with Gasteiger partial charge in [-0.25, -0.2) is 0 Å². The molecule has 0 saturated carbocycles. The lowest BCUT2D eigenvalue weighted by Gasteiger charge is -2.14. The van der Waals surface area contributed by atoms with Crippen LogP contribution in [0.1, 0.15) is 13.3 Å². The molecule has 0 heterocycles. The number of nitrogens with one attached hydrogen (secondary N) is 1. The van der Waals surface area contributed by atoms with E-state index in [2.05, 4.69) is 5.32 Å². The molecule has 0 bridgehead atoms. The van der Waals surface area contributed by atoms with Crippen LogP contribution in [0.4, 0.5) is 0 Å². The van der Waals surface area contributed by atoms with Gasteiger partial charge >= 0.3 is 0 Å². The second-order valence-electron chi connectivity index (χ2n) is 3.17. The van der Waals surface area contributed by atoms with Gasteiger partial charge in [-0.05, 0) is 6.42 Å². The van der Waals surface area contributed by atoms with E-state index < -0.39 is 0 Å². The van der Waals surface area contributed by atoms with Crippen LogP contribution in [0.2, 0.25) is 0 Å². The first kappa shape index (κ1) is 14.3. The zero-order valence-corrected chi connectivity index (χ0v) is 9.75. The van der Waals surface area contributed by atoms with Crippen molar-refractivity contribution in [1.82, 2.24) is 5.32 Å². The Labute approximate surface area is 91.1 Å². The summed E-state index contributed by atoms with van der Waals surface area (Å²) in [6.07, 6.45) is 0.808. The number of amides is 1. The van der Waals surface area contributed by atoms with Crippen LogP contribution in [0.3, 0.4) is 0 Å². The number of rotatable bonds is 9. The van der Waals surface area contributed by atoms with Crippen molar-refractivity contribution in [3.8, 4) is 0 Å². The fourth-order valence-corrected chi connectivity index (χ4v) is 0.984. The summed E-state index contributed by atoms with van der Waals surface area (Å²) in [6.45, 7) is 3.62. The molecule has 90 valence electrons. The van der Waals surface area contributed by atoms with Crippen LogP contribution in [0.15, 0.2) is 0 Å². The molecule has 0 aliphatic rings. The molecule has 5 heteroatoms. The number of hydrogen-bond acceptors (Lipinski definition) is 4. The van der Waals surface area contributed by atoms with Gasteiger partial charge in [-0.3, -0.25) is 4.79 Å². The van der Waals surface area contributed by atoms with Crippen molar-refractivity contribution >= 4 is 5.91 Å².